The molecule has 1 fully saturated rings. The molecule has 2 nitrogen and oxygen atoms in total. The van der Waals surface area contributed by atoms with Gasteiger partial charge in [-0.2, -0.15) is 0 Å². The predicted molar refractivity (Wildman–Crippen MR) is 83.5 cm³/mol. The van der Waals surface area contributed by atoms with Gasteiger partial charge in [-0.1, -0.05) is 27.7 Å². The summed E-state index contributed by atoms with van der Waals surface area (Å²) in [6, 6.07) is 0. The summed E-state index contributed by atoms with van der Waals surface area (Å²) in [5, 5.41) is 3.59. The summed E-state index contributed by atoms with van der Waals surface area (Å²) >= 11 is 0. The molecule has 2 unspecified atom stereocenters. The highest BCUT2D eigenvalue weighted by atomic mass is 16.5. The molecule has 2 atom stereocenters. The van der Waals surface area contributed by atoms with Crippen molar-refractivity contribution in [1.82, 2.24) is 5.32 Å². The highest BCUT2D eigenvalue weighted by Crippen LogP contribution is 2.31. The van der Waals surface area contributed by atoms with E-state index in [2.05, 4.69) is 53.8 Å². The molecule has 0 aromatic rings. The van der Waals surface area contributed by atoms with Crippen LogP contribution in [0.4, 0.5) is 0 Å². The number of hydrogen-bond acceptors (Lipinski definition) is 2. The number of hydrogen-bond donors (Lipinski definition) is 1. The van der Waals surface area contributed by atoms with Gasteiger partial charge in [-0.15, -0.1) is 0 Å². The average Bonchev–Trinajstić information content (AvgIpc) is 2.22. The largest absolute Gasteiger partial charge is 0.378 e. The van der Waals surface area contributed by atoms with Gasteiger partial charge < -0.3 is 10.1 Å². The Bertz CT molecular complexity index is 257. The van der Waals surface area contributed by atoms with Crippen molar-refractivity contribution in [2.75, 3.05) is 13.2 Å². The fourth-order valence-corrected chi connectivity index (χ4v) is 2.91. The standard InChI is InChI=1S/C17H35NO/c1-13-8-14(2)10-15(9-13)19-12-17(6,7)11-18-16(3,4)5/h13-15,18H,8-12H2,1-7H3. The monoisotopic (exact) mass is 269 g/mol. The van der Waals surface area contributed by atoms with Gasteiger partial charge in [0.05, 0.1) is 12.7 Å². The van der Waals surface area contributed by atoms with E-state index in [-0.39, 0.29) is 11.0 Å². The van der Waals surface area contributed by atoms with Crippen LogP contribution in [0, 0.1) is 17.3 Å². The summed E-state index contributed by atoms with van der Waals surface area (Å²) in [5.41, 5.74) is 0.391. The topological polar surface area (TPSA) is 21.3 Å². The van der Waals surface area contributed by atoms with E-state index in [1.165, 1.54) is 19.3 Å². The Labute approximate surface area is 120 Å². The third kappa shape index (κ3) is 7.31. The van der Waals surface area contributed by atoms with E-state index >= 15 is 0 Å². The van der Waals surface area contributed by atoms with E-state index in [0.29, 0.717) is 6.10 Å². The van der Waals surface area contributed by atoms with Crippen LogP contribution in [0.2, 0.25) is 0 Å². The van der Waals surface area contributed by atoms with Crippen LogP contribution < -0.4 is 5.32 Å². The first-order valence-electron chi connectivity index (χ1n) is 7.94. The van der Waals surface area contributed by atoms with Gasteiger partial charge in [0.1, 0.15) is 0 Å². The highest BCUT2D eigenvalue weighted by molar-refractivity contribution is 4.80. The number of rotatable bonds is 5. The molecule has 0 amide bonds. The molecule has 0 aliphatic heterocycles. The minimum Gasteiger partial charge on any atom is -0.378 e. The van der Waals surface area contributed by atoms with E-state index < -0.39 is 0 Å². The Kier molecular flexibility index (Phi) is 5.88. The summed E-state index contributed by atoms with van der Waals surface area (Å²) in [4.78, 5) is 0. The zero-order valence-electron chi connectivity index (χ0n) is 14.2. The molecule has 2 heteroatoms. The fourth-order valence-electron chi connectivity index (χ4n) is 2.91. The van der Waals surface area contributed by atoms with Crippen LogP contribution in [0.15, 0.2) is 0 Å². The van der Waals surface area contributed by atoms with Crippen molar-refractivity contribution < 1.29 is 4.74 Å². The van der Waals surface area contributed by atoms with Gasteiger partial charge in [0.25, 0.3) is 0 Å². The maximum atomic E-state index is 6.21. The maximum absolute atomic E-state index is 6.21. The fraction of sp³-hybridized carbons (Fsp3) is 1.00. The van der Waals surface area contributed by atoms with Crippen molar-refractivity contribution in [2.45, 2.75) is 79.4 Å². The van der Waals surface area contributed by atoms with Gasteiger partial charge in [-0.25, -0.2) is 0 Å². The minimum absolute atomic E-state index is 0.186. The van der Waals surface area contributed by atoms with E-state index in [0.717, 1.165) is 25.0 Å². The van der Waals surface area contributed by atoms with E-state index in [1.807, 2.05) is 0 Å². The molecular formula is C17H35NO. The van der Waals surface area contributed by atoms with Crippen LogP contribution in [0.5, 0.6) is 0 Å². The number of ether oxygens (including phenoxy) is 1. The van der Waals surface area contributed by atoms with Gasteiger partial charge >= 0.3 is 0 Å². The molecule has 114 valence electrons. The van der Waals surface area contributed by atoms with E-state index in [4.69, 9.17) is 4.74 Å². The van der Waals surface area contributed by atoms with Gasteiger partial charge in [0.2, 0.25) is 0 Å². The molecular weight excluding hydrogens is 234 g/mol. The molecule has 0 heterocycles. The van der Waals surface area contributed by atoms with Crippen LogP contribution >= 0.6 is 0 Å². The summed E-state index contributed by atoms with van der Waals surface area (Å²) in [6.45, 7) is 17.8. The molecule has 0 aromatic heterocycles. The van der Waals surface area contributed by atoms with E-state index in [9.17, 15) is 0 Å². The molecule has 0 saturated heterocycles. The first-order chi connectivity index (χ1) is 8.57. The molecule has 1 saturated carbocycles. The molecule has 1 aliphatic carbocycles. The summed E-state index contributed by atoms with van der Waals surface area (Å²) in [5.74, 6) is 1.65. The Morgan fingerprint density at radius 1 is 0.947 bits per heavy atom. The normalized spacial score (nSPS) is 29.5. The maximum Gasteiger partial charge on any atom is 0.0580 e. The first-order valence-corrected chi connectivity index (χ1v) is 7.94. The predicted octanol–water partition coefficient (Wildman–Crippen LogP) is 4.24. The third-order valence-corrected chi connectivity index (χ3v) is 3.94. The van der Waals surface area contributed by atoms with Crippen molar-refractivity contribution in [1.29, 1.82) is 0 Å². The van der Waals surface area contributed by atoms with Crippen molar-refractivity contribution in [3.8, 4) is 0 Å². The van der Waals surface area contributed by atoms with Crippen LogP contribution in [0.25, 0.3) is 0 Å². The lowest BCUT2D eigenvalue weighted by atomic mass is 9.81. The lowest BCUT2D eigenvalue weighted by Crippen LogP contribution is -2.44. The third-order valence-electron chi connectivity index (χ3n) is 3.94. The van der Waals surface area contributed by atoms with E-state index in [1.54, 1.807) is 0 Å². The van der Waals surface area contributed by atoms with Gasteiger partial charge in [0, 0.05) is 17.5 Å². The zero-order valence-corrected chi connectivity index (χ0v) is 14.2. The molecule has 0 aromatic carbocycles. The second-order valence-electron chi connectivity index (χ2n) is 8.62. The smallest absolute Gasteiger partial charge is 0.0580 e. The Hall–Kier alpha value is -0.0800. The minimum atomic E-state index is 0.186. The lowest BCUT2D eigenvalue weighted by Gasteiger charge is -2.35. The van der Waals surface area contributed by atoms with Crippen molar-refractivity contribution in [3.63, 3.8) is 0 Å². The SMILES string of the molecule is CC1CC(C)CC(OCC(C)(C)CNC(C)(C)C)C1. The zero-order chi connectivity index (χ0) is 14.7. The quantitative estimate of drug-likeness (QED) is 0.806. The molecule has 1 rings (SSSR count). The van der Waals surface area contributed by atoms with Crippen molar-refractivity contribution in [3.05, 3.63) is 0 Å². The summed E-state index contributed by atoms with van der Waals surface area (Å²) in [6.07, 6.45) is 4.34. The Balaban J connectivity index is 2.33. The summed E-state index contributed by atoms with van der Waals surface area (Å²) in [7, 11) is 0. The second-order valence-corrected chi connectivity index (χ2v) is 8.62. The number of nitrogens with one attached hydrogen (secondary N) is 1. The molecule has 1 aliphatic rings. The van der Waals surface area contributed by atoms with Crippen molar-refractivity contribution in [2.24, 2.45) is 17.3 Å². The van der Waals surface area contributed by atoms with Gasteiger partial charge in [-0.3, -0.25) is 0 Å². The van der Waals surface area contributed by atoms with Crippen LogP contribution in [0.3, 0.4) is 0 Å². The average molecular weight is 269 g/mol. The molecule has 19 heavy (non-hydrogen) atoms. The lowest BCUT2D eigenvalue weighted by molar-refractivity contribution is -0.0349. The van der Waals surface area contributed by atoms with Crippen LogP contribution in [0.1, 0.15) is 67.7 Å². The van der Waals surface area contributed by atoms with Gasteiger partial charge in [-0.05, 0) is 51.9 Å². The van der Waals surface area contributed by atoms with Crippen LogP contribution in [-0.4, -0.2) is 24.8 Å². The Morgan fingerprint density at radius 2 is 1.47 bits per heavy atom. The molecule has 1 N–H and O–H groups in total. The van der Waals surface area contributed by atoms with Crippen LogP contribution in [-0.2, 0) is 4.74 Å². The van der Waals surface area contributed by atoms with Gasteiger partial charge in [0.15, 0.2) is 0 Å². The second kappa shape index (κ2) is 6.58. The summed E-state index contributed by atoms with van der Waals surface area (Å²) < 4.78 is 6.21. The molecule has 0 spiro atoms. The first kappa shape index (κ1) is 17.0. The molecule has 0 radical (unpaired) electrons. The molecule has 0 bridgehead atoms. The highest BCUT2D eigenvalue weighted by Gasteiger charge is 2.27. The Morgan fingerprint density at radius 3 is 1.95 bits per heavy atom. The van der Waals surface area contributed by atoms with Crippen molar-refractivity contribution >= 4 is 0 Å².